The molecule has 10 heteroatoms. The number of carbonyl (C=O) groups excluding carboxylic acids is 3. The molecule has 0 fully saturated rings. The minimum Gasteiger partial charge on any atom is -0.444 e. The summed E-state index contributed by atoms with van der Waals surface area (Å²) < 4.78 is 6.36. The van der Waals surface area contributed by atoms with Gasteiger partial charge in [0.05, 0.1) is 5.39 Å². The van der Waals surface area contributed by atoms with Crippen LogP contribution in [0.2, 0.25) is 0 Å². The van der Waals surface area contributed by atoms with Crippen molar-refractivity contribution < 1.29 is 19.1 Å². The second kappa shape index (κ2) is 10.6. The molecule has 0 bridgehead atoms. The van der Waals surface area contributed by atoms with Crippen LogP contribution < -0.4 is 21.7 Å². The van der Waals surface area contributed by atoms with Gasteiger partial charge in [-0.2, -0.15) is 5.10 Å². The van der Waals surface area contributed by atoms with Crippen molar-refractivity contribution in [1.82, 2.24) is 25.9 Å². The number of ether oxygens (including phenoxy) is 1. The van der Waals surface area contributed by atoms with E-state index in [1.807, 2.05) is 6.92 Å². The lowest BCUT2D eigenvalue weighted by Crippen LogP contribution is -2.43. The lowest BCUT2D eigenvalue weighted by Gasteiger charge is -2.19. The van der Waals surface area contributed by atoms with Gasteiger partial charge in [-0.1, -0.05) is 25.1 Å². The maximum Gasteiger partial charge on any atom is 0.407 e. The van der Waals surface area contributed by atoms with Crippen molar-refractivity contribution in [1.29, 1.82) is 0 Å². The minimum absolute atomic E-state index is 0.0514. The van der Waals surface area contributed by atoms with Crippen molar-refractivity contribution in [3.63, 3.8) is 0 Å². The summed E-state index contributed by atoms with van der Waals surface area (Å²) in [5, 5.41) is 7.52. The normalized spacial score (nSPS) is 11.1. The van der Waals surface area contributed by atoms with Crippen LogP contribution >= 0.6 is 0 Å². The lowest BCUT2D eigenvalue weighted by molar-refractivity contribution is -0.121. The van der Waals surface area contributed by atoms with Crippen LogP contribution in [-0.4, -0.2) is 39.8 Å². The Morgan fingerprint density at radius 3 is 2.42 bits per heavy atom. The molecule has 1 heterocycles. The second-order valence-corrected chi connectivity index (χ2v) is 7.96. The van der Waals surface area contributed by atoms with Gasteiger partial charge in [-0.15, -0.1) is 0 Å². The van der Waals surface area contributed by atoms with Crippen molar-refractivity contribution in [2.75, 3.05) is 6.54 Å². The summed E-state index contributed by atoms with van der Waals surface area (Å²) in [6.45, 7) is 7.81. The number of benzene rings is 1. The smallest absolute Gasteiger partial charge is 0.407 e. The number of hydrazine groups is 1. The van der Waals surface area contributed by atoms with Crippen LogP contribution in [0.5, 0.6) is 0 Å². The van der Waals surface area contributed by atoms with Gasteiger partial charge in [0, 0.05) is 24.9 Å². The van der Waals surface area contributed by atoms with E-state index < -0.39 is 23.5 Å². The third-order valence-corrected chi connectivity index (χ3v) is 4.08. The van der Waals surface area contributed by atoms with E-state index in [1.54, 1.807) is 45.0 Å². The lowest BCUT2D eigenvalue weighted by atomic mass is 10.1. The molecule has 1 aromatic carbocycles. The molecule has 0 aliphatic rings. The summed E-state index contributed by atoms with van der Waals surface area (Å²) in [5.41, 5.74) is 3.85. The Morgan fingerprint density at radius 1 is 1.10 bits per heavy atom. The number of alkyl carbamates (subject to hydrolysis) is 1. The number of aromatic nitrogens is 2. The third-order valence-electron chi connectivity index (χ3n) is 4.08. The fourth-order valence-electron chi connectivity index (χ4n) is 2.77. The van der Waals surface area contributed by atoms with Crippen LogP contribution in [0.15, 0.2) is 29.1 Å². The molecule has 0 atom stereocenters. The molecule has 0 saturated carbocycles. The summed E-state index contributed by atoms with van der Waals surface area (Å²) in [5.74, 6) is -1.05. The standard InChI is InChI=1S/C21H29N5O5/c1-5-13-26-19(29)15-10-7-6-9-14(15)17(25-26)18(28)24-23-16(27)11-8-12-22-20(30)31-21(2,3)4/h6-7,9-10H,5,8,11-13H2,1-4H3,(H,22,30)(H,23,27)(H,24,28). The van der Waals surface area contributed by atoms with E-state index in [2.05, 4.69) is 21.3 Å². The van der Waals surface area contributed by atoms with E-state index in [4.69, 9.17) is 4.74 Å². The molecule has 1 aromatic heterocycles. The molecular formula is C21H29N5O5. The predicted molar refractivity (Wildman–Crippen MR) is 115 cm³/mol. The highest BCUT2D eigenvalue weighted by molar-refractivity contribution is 6.05. The van der Waals surface area contributed by atoms with E-state index in [0.29, 0.717) is 30.2 Å². The average molecular weight is 431 g/mol. The molecule has 0 radical (unpaired) electrons. The Hall–Kier alpha value is -3.43. The molecule has 31 heavy (non-hydrogen) atoms. The number of rotatable bonds is 7. The fourth-order valence-corrected chi connectivity index (χ4v) is 2.77. The van der Waals surface area contributed by atoms with Crippen LogP contribution in [0.1, 0.15) is 57.4 Å². The van der Waals surface area contributed by atoms with Crippen molar-refractivity contribution in [2.24, 2.45) is 0 Å². The zero-order valence-electron chi connectivity index (χ0n) is 18.3. The van der Waals surface area contributed by atoms with Crippen LogP contribution in [-0.2, 0) is 16.1 Å². The summed E-state index contributed by atoms with van der Waals surface area (Å²) in [7, 11) is 0. The summed E-state index contributed by atoms with van der Waals surface area (Å²) in [6.07, 6.45) is 0.574. The molecule has 10 nitrogen and oxygen atoms in total. The molecule has 2 rings (SSSR count). The Morgan fingerprint density at radius 2 is 1.77 bits per heavy atom. The molecular weight excluding hydrogens is 402 g/mol. The average Bonchev–Trinajstić information content (AvgIpc) is 2.70. The number of carbonyl (C=O) groups is 3. The van der Waals surface area contributed by atoms with E-state index in [-0.39, 0.29) is 24.2 Å². The molecule has 0 aliphatic heterocycles. The molecule has 168 valence electrons. The molecule has 3 N–H and O–H groups in total. The van der Waals surface area contributed by atoms with Gasteiger partial charge in [-0.3, -0.25) is 25.2 Å². The van der Waals surface area contributed by atoms with Gasteiger partial charge >= 0.3 is 6.09 Å². The van der Waals surface area contributed by atoms with E-state index >= 15 is 0 Å². The van der Waals surface area contributed by atoms with E-state index in [0.717, 1.165) is 0 Å². The Labute approximate surface area is 180 Å². The van der Waals surface area contributed by atoms with Gasteiger partial charge in [-0.05, 0) is 39.7 Å². The highest BCUT2D eigenvalue weighted by atomic mass is 16.6. The predicted octanol–water partition coefficient (Wildman–Crippen LogP) is 1.87. The highest BCUT2D eigenvalue weighted by Crippen LogP contribution is 2.13. The summed E-state index contributed by atoms with van der Waals surface area (Å²) >= 11 is 0. The van der Waals surface area contributed by atoms with E-state index in [1.165, 1.54) is 4.68 Å². The van der Waals surface area contributed by atoms with Gasteiger partial charge in [-0.25, -0.2) is 9.48 Å². The highest BCUT2D eigenvalue weighted by Gasteiger charge is 2.18. The zero-order chi connectivity index (χ0) is 23.0. The Balaban J connectivity index is 1.92. The number of nitrogens with zero attached hydrogens (tertiary/aromatic N) is 2. The first-order valence-corrected chi connectivity index (χ1v) is 10.2. The molecule has 3 amide bonds. The largest absolute Gasteiger partial charge is 0.444 e. The quantitative estimate of drug-likeness (QED) is 0.453. The van der Waals surface area contributed by atoms with Gasteiger partial charge in [0.15, 0.2) is 5.69 Å². The summed E-state index contributed by atoms with van der Waals surface area (Å²) in [6, 6.07) is 6.70. The van der Waals surface area contributed by atoms with Crippen LogP contribution in [0, 0.1) is 0 Å². The Bertz CT molecular complexity index is 1010. The fraction of sp³-hybridized carbons (Fsp3) is 0.476. The first kappa shape index (κ1) is 23.8. The maximum absolute atomic E-state index is 12.6. The van der Waals surface area contributed by atoms with Gasteiger partial charge < -0.3 is 10.1 Å². The number of aryl methyl sites for hydroxylation is 1. The van der Waals surface area contributed by atoms with Crippen LogP contribution in [0.4, 0.5) is 4.79 Å². The Kier molecular flexibility index (Phi) is 8.12. The van der Waals surface area contributed by atoms with Crippen LogP contribution in [0.3, 0.4) is 0 Å². The van der Waals surface area contributed by atoms with Crippen molar-refractivity contribution in [3.8, 4) is 0 Å². The first-order chi connectivity index (χ1) is 14.6. The van der Waals surface area contributed by atoms with E-state index in [9.17, 15) is 19.2 Å². The SMILES string of the molecule is CCCn1nc(C(=O)NNC(=O)CCCNC(=O)OC(C)(C)C)c2ccccc2c1=O. The monoisotopic (exact) mass is 431 g/mol. The zero-order valence-corrected chi connectivity index (χ0v) is 18.3. The third kappa shape index (κ3) is 7.09. The van der Waals surface area contributed by atoms with Crippen molar-refractivity contribution in [3.05, 3.63) is 40.3 Å². The van der Waals surface area contributed by atoms with Gasteiger partial charge in [0.1, 0.15) is 5.60 Å². The number of hydrogen-bond donors (Lipinski definition) is 3. The van der Waals surface area contributed by atoms with Gasteiger partial charge in [0.2, 0.25) is 5.91 Å². The topological polar surface area (TPSA) is 131 Å². The number of amides is 3. The molecule has 2 aromatic rings. The number of fused-ring (bicyclic) bond motifs is 1. The number of nitrogens with one attached hydrogen (secondary N) is 3. The second-order valence-electron chi connectivity index (χ2n) is 7.96. The molecule has 0 unspecified atom stereocenters. The molecule has 0 spiro atoms. The summed E-state index contributed by atoms with van der Waals surface area (Å²) in [4.78, 5) is 48.6. The minimum atomic E-state index is -0.624. The van der Waals surface area contributed by atoms with Crippen LogP contribution in [0.25, 0.3) is 10.8 Å². The maximum atomic E-state index is 12.6. The molecule has 0 aliphatic carbocycles. The number of hydrogen-bond acceptors (Lipinski definition) is 6. The molecule has 0 saturated heterocycles. The first-order valence-electron chi connectivity index (χ1n) is 10.2. The van der Waals surface area contributed by atoms with Crippen molar-refractivity contribution >= 4 is 28.7 Å². The van der Waals surface area contributed by atoms with Crippen molar-refractivity contribution in [2.45, 2.75) is 59.1 Å². The van der Waals surface area contributed by atoms with Gasteiger partial charge in [0.25, 0.3) is 11.5 Å².